The number of aliphatic hydroxyl groups excluding tert-OH is 1. The molecule has 4 nitrogen and oxygen atoms in total. The molecule has 0 heterocycles. The van der Waals surface area contributed by atoms with E-state index in [1.165, 1.54) is 0 Å². The van der Waals surface area contributed by atoms with E-state index in [0.717, 1.165) is 42.6 Å². The lowest BCUT2D eigenvalue weighted by atomic mass is 9.92. The molecule has 0 bridgehead atoms. The SMILES string of the molecule is COc1ccc(C(=O)NC2CCCCC2O)cc1-c1ccccc1. The molecule has 0 saturated heterocycles. The monoisotopic (exact) mass is 325 g/mol. The maximum Gasteiger partial charge on any atom is 0.251 e. The van der Waals surface area contributed by atoms with Crippen LogP contribution in [0.5, 0.6) is 5.75 Å². The van der Waals surface area contributed by atoms with E-state index in [2.05, 4.69) is 5.32 Å². The highest BCUT2D eigenvalue weighted by molar-refractivity contribution is 5.96. The van der Waals surface area contributed by atoms with E-state index >= 15 is 0 Å². The van der Waals surface area contributed by atoms with Gasteiger partial charge in [0.2, 0.25) is 0 Å². The third-order valence-electron chi connectivity index (χ3n) is 4.59. The summed E-state index contributed by atoms with van der Waals surface area (Å²) in [5.74, 6) is 0.580. The molecule has 1 amide bonds. The van der Waals surface area contributed by atoms with Gasteiger partial charge < -0.3 is 15.2 Å². The Bertz CT molecular complexity index is 699. The molecule has 2 N–H and O–H groups in total. The fourth-order valence-corrected chi connectivity index (χ4v) is 3.22. The van der Waals surface area contributed by atoms with Crippen LogP contribution in [0, 0.1) is 0 Å². The average molecular weight is 325 g/mol. The van der Waals surface area contributed by atoms with Crippen molar-refractivity contribution < 1.29 is 14.6 Å². The van der Waals surface area contributed by atoms with Crippen molar-refractivity contribution in [3.63, 3.8) is 0 Å². The number of carbonyl (C=O) groups is 1. The van der Waals surface area contributed by atoms with Gasteiger partial charge in [0.25, 0.3) is 5.91 Å². The molecule has 2 aromatic carbocycles. The summed E-state index contributed by atoms with van der Waals surface area (Å²) >= 11 is 0. The minimum atomic E-state index is -0.449. The summed E-state index contributed by atoms with van der Waals surface area (Å²) in [7, 11) is 1.62. The summed E-state index contributed by atoms with van der Waals surface area (Å²) in [6.07, 6.45) is 3.19. The van der Waals surface area contributed by atoms with E-state index in [1.54, 1.807) is 13.2 Å². The van der Waals surface area contributed by atoms with Crippen molar-refractivity contribution in [3.8, 4) is 16.9 Å². The van der Waals surface area contributed by atoms with Crippen LogP contribution >= 0.6 is 0 Å². The first-order valence-electron chi connectivity index (χ1n) is 8.41. The van der Waals surface area contributed by atoms with Gasteiger partial charge in [-0.1, -0.05) is 43.2 Å². The molecule has 1 aliphatic carbocycles. The topological polar surface area (TPSA) is 58.6 Å². The van der Waals surface area contributed by atoms with Crippen molar-refractivity contribution in [3.05, 3.63) is 54.1 Å². The van der Waals surface area contributed by atoms with E-state index in [9.17, 15) is 9.90 Å². The summed E-state index contributed by atoms with van der Waals surface area (Å²) in [5, 5.41) is 13.0. The third kappa shape index (κ3) is 3.60. The summed E-state index contributed by atoms with van der Waals surface area (Å²) in [5.41, 5.74) is 2.46. The lowest BCUT2D eigenvalue weighted by Crippen LogP contribution is -2.45. The predicted molar refractivity (Wildman–Crippen MR) is 94.2 cm³/mol. The Morgan fingerprint density at radius 2 is 1.88 bits per heavy atom. The molecule has 24 heavy (non-hydrogen) atoms. The fourth-order valence-electron chi connectivity index (χ4n) is 3.22. The summed E-state index contributed by atoms with van der Waals surface area (Å²) in [4.78, 5) is 12.6. The number of hydrogen-bond acceptors (Lipinski definition) is 3. The van der Waals surface area contributed by atoms with Crippen LogP contribution in [0.15, 0.2) is 48.5 Å². The quantitative estimate of drug-likeness (QED) is 0.906. The van der Waals surface area contributed by atoms with Crippen LogP contribution in [-0.2, 0) is 0 Å². The highest BCUT2D eigenvalue weighted by Crippen LogP contribution is 2.31. The van der Waals surface area contributed by atoms with Crippen molar-refractivity contribution in [2.24, 2.45) is 0 Å². The smallest absolute Gasteiger partial charge is 0.251 e. The van der Waals surface area contributed by atoms with Crippen LogP contribution in [0.1, 0.15) is 36.0 Å². The second-order valence-corrected chi connectivity index (χ2v) is 6.21. The van der Waals surface area contributed by atoms with E-state index in [1.807, 2.05) is 42.5 Å². The van der Waals surface area contributed by atoms with Crippen molar-refractivity contribution in [1.29, 1.82) is 0 Å². The van der Waals surface area contributed by atoms with E-state index < -0.39 is 6.10 Å². The molecule has 4 heteroatoms. The predicted octanol–water partition coefficient (Wildman–Crippen LogP) is 3.40. The number of amides is 1. The summed E-state index contributed by atoms with van der Waals surface area (Å²) < 4.78 is 5.43. The van der Waals surface area contributed by atoms with Crippen LogP contribution in [0.25, 0.3) is 11.1 Å². The molecule has 0 aromatic heterocycles. The Morgan fingerprint density at radius 3 is 2.58 bits per heavy atom. The van der Waals surface area contributed by atoms with Crippen molar-refractivity contribution >= 4 is 5.91 Å². The number of hydrogen-bond donors (Lipinski definition) is 2. The van der Waals surface area contributed by atoms with Crippen molar-refractivity contribution in [1.82, 2.24) is 5.32 Å². The van der Waals surface area contributed by atoms with Gasteiger partial charge in [-0.15, -0.1) is 0 Å². The Kier molecular flexibility index (Phi) is 5.16. The largest absolute Gasteiger partial charge is 0.496 e. The van der Waals surface area contributed by atoms with Gasteiger partial charge in [-0.3, -0.25) is 4.79 Å². The van der Waals surface area contributed by atoms with Gasteiger partial charge in [0.05, 0.1) is 19.3 Å². The lowest BCUT2D eigenvalue weighted by molar-refractivity contribution is 0.0717. The van der Waals surface area contributed by atoms with Crippen LogP contribution in [0.2, 0.25) is 0 Å². The van der Waals surface area contributed by atoms with Gasteiger partial charge in [-0.05, 0) is 36.6 Å². The molecular formula is C20H23NO3. The third-order valence-corrected chi connectivity index (χ3v) is 4.59. The van der Waals surface area contributed by atoms with Crippen LogP contribution < -0.4 is 10.1 Å². The second kappa shape index (κ2) is 7.49. The standard InChI is InChI=1S/C20H23NO3/c1-24-19-12-11-15(13-16(19)14-7-3-2-4-8-14)20(23)21-17-9-5-6-10-18(17)22/h2-4,7-8,11-13,17-18,22H,5-6,9-10H2,1H3,(H,21,23). The Hall–Kier alpha value is -2.33. The molecule has 0 spiro atoms. The van der Waals surface area contributed by atoms with Crippen LogP contribution in [0.4, 0.5) is 0 Å². The zero-order chi connectivity index (χ0) is 16.9. The Morgan fingerprint density at radius 1 is 1.12 bits per heavy atom. The maximum atomic E-state index is 12.6. The first kappa shape index (κ1) is 16.5. The molecule has 1 fully saturated rings. The lowest BCUT2D eigenvalue weighted by Gasteiger charge is -2.28. The minimum absolute atomic E-state index is 0.152. The molecular weight excluding hydrogens is 302 g/mol. The number of nitrogens with one attached hydrogen (secondary N) is 1. The summed E-state index contributed by atoms with van der Waals surface area (Å²) in [6.45, 7) is 0. The van der Waals surface area contributed by atoms with Gasteiger partial charge in [0, 0.05) is 11.1 Å². The van der Waals surface area contributed by atoms with Gasteiger partial charge in [0.1, 0.15) is 5.75 Å². The molecule has 2 aromatic rings. The average Bonchev–Trinajstić information content (AvgIpc) is 2.63. The highest BCUT2D eigenvalue weighted by atomic mass is 16.5. The number of carbonyl (C=O) groups excluding carboxylic acids is 1. The molecule has 3 rings (SSSR count). The second-order valence-electron chi connectivity index (χ2n) is 6.21. The molecule has 1 aliphatic rings. The number of aliphatic hydroxyl groups is 1. The normalized spacial score (nSPS) is 20.4. The van der Waals surface area contributed by atoms with Crippen LogP contribution in [0.3, 0.4) is 0 Å². The van der Waals surface area contributed by atoms with E-state index in [-0.39, 0.29) is 11.9 Å². The summed E-state index contributed by atoms with van der Waals surface area (Å²) in [6, 6.07) is 15.1. The first-order valence-corrected chi connectivity index (χ1v) is 8.41. The Labute approximate surface area is 142 Å². The van der Waals surface area contributed by atoms with Crippen molar-refractivity contribution in [2.45, 2.75) is 37.8 Å². The maximum absolute atomic E-state index is 12.6. The number of methoxy groups -OCH3 is 1. The van der Waals surface area contributed by atoms with E-state index in [4.69, 9.17) is 4.74 Å². The molecule has 2 atom stereocenters. The van der Waals surface area contributed by atoms with Crippen molar-refractivity contribution in [2.75, 3.05) is 7.11 Å². The Balaban J connectivity index is 1.84. The fraction of sp³-hybridized carbons (Fsp3) is 0.350. The van der Waals surface area contributed by atoms with Gasteiger partial charge >= 0.3 is 0 Å². The highest BCUT2D eigenvalue weighted by Gasteiger charge is 2.25. The van der Waals surface area contributed by atoms with Crippen LogP contribution in [-0.4, -0.2) is 30.3 Å². The van der Waals surface area contributed by atoms with E-state index in [0.29, 0.717) is 5.56 Å². The van der Waals surface area contributed by atoms with Gasteiger partial charge in [-0.25, -0.2) is 0 Å². The zero-order valence-electron chi connectivity index (χ0n) is 13.9. The molecule has 2 unspecified atom stereocenters. The number of benzene rings is 2. The number of rotatable bonds is 4. The first-order chi connectivity index (χ1) is 11.7. The number of ether oxygens (including phenoxy) is 1. The molecule has 0 aliphatic heterocycles. The molecule has 126 valence electrons. The van der Waals surface area contributed by atoms with Gasteiger partial charge in [0.15, 0.2) is 0 Å². The molecule has 0 radical (unpaired) electrons. The minimum Gasteiger partial charge on any atom is -0.496 e. The van der Waals surface area contributed by atoms with Gasteiger partial charge in [-0.2, -0.15) is 0 Å². The zero-order valence-corrected chi connectivity index (χ0v) is 13.9. The molecule has 1 saturated carbocycles.